The van der Waals surface area contributed by atoms with Crippen LogP contribution in [0, 0.1) is 5.92 Å². The Balaban J connectivity index is 1.24. The number of nitrogens with zero attached hydrogens (tertiary/aromatic N) is 3. The monoisotopic (exact) mass is 529 g/mol. The minimum Gasteiger partial charge on any atom is -0.493 e. The van der Waals surface area contributed by atoms with Crippen molar-refractivity contribution in [2.75, 3.05) is 21.3 Å². The Morgan fingerprint density at radius 3 is 2.23 bits per heavy atom. The van der Waals surface area contributed by atoms with Crippen molar-refractivity contribution in [2.45, 2.75) is 32.1 Å². The first-order valence-electron chi connectivity index (χ1n) is 12.7. The van der Waals surface area contributed by atoms with Gasteiger partial charge in [0.15, 0.2) is 11.5 Å². The van der Waals surface area contributed by atoms with Crippen LogP contribution < -0.4 is 18.9 Å². The van der Waals surface area contributed by atoms with Crippen molar-refractivity contribution in [1.29, 1.82) is 0 Å². The number of carbonyl (C=O) groups excluding carboxylic acids is 1. The molecule has 1 saturated carbocycles. The molecule has 1 fully saturated rings. The molecule has 1 aliphatic carbocycles. The summed E-state index contributed by atoms with van der Waals surface area (Å²) in [5.74, 6) is 1.92. The molecule has 0 saturated heterocycles. The van der Waals surface area contributed by atoms with Gasteiger partial charge < -0.3 is 23.7 Å². The summed E-state index contributed by atoms with van der Waals surface area (Å²) >= 11 is 0. The van der Waals surface area contributed by atoms with Gasteiger partial charge in [-0.2, -0.15) is 0 Å². The fraction of sp³-hybridized carbons (Fsp3) is 0.300. The summed E-state index contributed by atoms with van der Waals surface area (Å²) in [4.78, 5) is 12.8. The van der Waals surface area contributed by atoms with Crippen LogP contribution in [0.25, 0.3) is 0 Å². The van der Waals surface area contributed by atoms with Crippen LogP contribution in [-0.2, 0) is 18.0 Å². The first kappa shape index (κ1) is 26.1. The first-order valence-corrected chi connectivity index (χ1v) is 12.7. The van der Waals surface area contributed by atoms with Gasteiger partial charge in [-0.15, -0.1) is 5.10 Å². The fourth-order valence-electron chi connectivity index (χ4n) is 4.49. The van der Waals surface area contributed by atoms with Crippen molar-refractivity contribution >= 4 is 5.97 Å². The number of methoxy groups -OCH3 is 3. The number of carbonyl (C=O) groups is 1. The fourth-order valence-corrected chi connectivity index (χ4v) is 4.49. The summed E-state index contributed by atoms with van der Waals surface area (Å²) in [5.41, 5.74) is 3.10. The number of rotatable bonds is 12. The molecule has 3 aromatic carbocycles. The summed E-state index contributed by atoms with van der Waals surface area (Å²) in [6.07, 6.45) is 4.09. The average molecular weight is 530 g/mol. The highest BCUT2D eigenvalue weighted by Crippen LogP contribution is 2.43. The zero-order chi connectivity index (χ0) is 27.2. The molecule has 5 rings (SSSR count). The second-order valence-electron chi connectivity index (χ2n) is 9.31. The van der Waals surface area contributed by atoms with Crippen molar-refractivity contribution in [1.82, 2.24) is 15.0 Å². The molecule has 0 N–H and O–H groups in total. The molecule has 202 valence electrons. The van der Waals surface area contributed by atoms with Crippen LogP contribution in [0.2, 0.25) is 0 Å². The molecule has 1 heterocycles. The van der Waals surface area contributed by atoms with E-state index in [2.05, 4.69) is 22.4 Å². The Hall–Kier alpha value is -4.53. The van der Waals surface area contributed by atoms with Crippen LogP contribution in [-0.4, -0.2) is 42.3 Å². The molecule has 9 heteroatoms. The molecule has 0 bridgehead atoms. The molecule has 9 nitrogen and oxygen atoms in total. The maximum Gasteiger partial charge on any atom is 0.338 e. The van der Waals surface area contributed by atoms with Crippen LogP contribution in [0.1, 0.15) is 46.1 Å². The summed E-state index contributed by atoms with van der Waals surface area (Å²) in [6, 6.07) is 21.4. The SMILES string of the molecule is COc1cc(C(=O)OCc2cn(C(c3ccc(OCc4ccccc4)cc3)C3CC3)nn2)cc(OC)c1OC. The normalized spacial score (nSPS) is 13.4. The third-order valence-corrected chi connectivity index (χ3v) is 6.63. The highest BCUT2D eigenvalue weighted by Gasteiger charge is 2.34. The minimum atomic E-state index is -0.534. The standard InChI is InChI=1S/C30H31N3O6/c1-35-26-15-23(16-27(36-2)29(26)37-3)30(34)39-19-24-17-33(32-31-24)28(21-9-10-21)22-11-13-25(14-12-22)38-18-20-7-5-4-6-8-20/h4-8,11-17,21,28H,9-10,18-19H2,1-3H3. The lowest BCUT2D eigenvalue weighted by Gasteiger charge is -2.17. The van der Waals surface area contributed by atoms with Crippen LogP contribution in [0.5, 0.6) is 23.0 Å². The molecule has 39 heavy (non-hydrogen) atoms. The zero-order valence-corrected chi connectivity index (χ0v) is 22.2. The van der Waals surface area contributed by atoms with Gasteiger partial charge in [0.05, 0.1) is 39.1 Å². The van der Waals surface area contributed by atoms with Gasteiger partial charge in [0.1, 0.15) is 24.7 Å². The smallest absolute Gasteiger partial charge is 0.338 e. The Bertz CT molecular complexity index is 1370. The molecule has 1 unspecified atom stereocenters. The number of esters is 1. The Kier molecular flexibility index (Phi) is 7.96. The number of benzene rings is 3. The summed E-state index contributed by atoms with van der Waals surface area (Å²) in [5, 5.41) is 8.62. The minimum absolute atomic E-state index is 0.0147. The van der Waals surface area contributed by atoms with E-state index in [-0.39, 0.29) is 18.2 Å². The maximum atomic E-state index is 12.8. The van der Waals surface area contributed by atoms with E-state index in [1.807, 2.05) is 53.3 Å². The summed E-state index contributed by atoms with van der Waals surface area (Å²) < 4.78 is 29.3. The second kappa shape index (κ2) is 11.9. The van der Waals surface area contributed by atoms with Crippen molar-refractivity contribution in [2.24, 2.45) is 5.92 Å². The largest absolute Gasteiger partial charge is 0.493 e. The molecule has 0 aliphatic heterocycles. The molecule has 1 aromatic heterocycles. The van der Waals surface area contributed by atoms with E-state index < -0.39 is 5.97 Å². The lowest BCUT2D eigenvalue weighted by molar-refractivity contribution is 0.0466. The van der Waals surface area contributed by atoms with Gasteiger partial charge in [0, 0.05) is 0 Å². The third-order valence-electron chi connectivity index (χ3n) is 6.63. The van der Waals surface area contributed by atoms with Gasteiger partial charge in [-0.3, -0.25) is 0 Å². The molecule has 0 amide bonds. The Morgan fingerprint density at radius 2 is 1.62 bits per heavy atom. The van der Waals surface area contributed by atoms with E-state index in [1.165, 1.54) is 21.3 Å². The number of hydrogen-bond donors (Lipinski definition) is 0. The lowest BCUT2D eigenvalue weighted by Crippen LogP contribution is -2.13. The van der Waals surface area contributed by atoms with E-state index >= 15 is 0 Å². The molecule has 0 radical (unpaired) electrons. The molecule has 4 aromatic rings. The van der Waals surface area contributed by atoms with E-state index in [9.17, 15) is 4.79 Å². The summed E-state index contributed by atoms with van der Waals surface area (Å²) in [6.45, 7) is 0.507. The van der Waals surface area contributed by atoms with Gasteiger partial charge in [0.2, 0.25) is 5.75 Å². The van der Waals surface area contributed by atoms with Gasteiger partial charge in [-0.25, -0.2) is 9.48 Å². The van der Waals surface area contributed by atoms with Gasteiger partial charge in [-0.1, -0.05) is 47.7 Å². The highest BCUT2D eigenvalue weighted by molar-refractivity contribution is 5.91. The topological polar surface area (TPSA) is 93.9 Å². The highest BCUT2D eigenvalue weighted by atomic mass is 16.5. The maximum absolute atomic E-state index is 12.8. The van der Waals surface area contributed by atoms with Gasteiger partial charge >= 0.3 is 5.97 Å². The van der Waals surface area contributed by atoms with E-state index in [0.29, 0.717) is 35.5 Å². The first-order chi connectivity index (χ1) is 19.1. The van der Waals surface area contributed by atoms with Crippen LogP contribution >= 0.6 is 0 Å². The number of aromatic nitrogens is 3. The van der Waals surface area contributed by atoms with Crippen molar-refractivity contribution in [3.8, 4) is 23.0 Å². The predicted octanol–water partition coefficient (Wildman–Crippen LogP) is 5.24. The van der Waals surface area contributed by atoms with Crippen LogP contribution in [0.4, 0.5) is 0 Å². The molecular formula is C30H31N3O6. The second-order valence-corrected chi connectivity index (χ2v) is 9.31. The number of hydrogen-bond acceptors (Lipinski definition) is 8. The van der Waals surface area contributed by atoms with Crippen molar-refractivity contribution < 1.29 is 28.5 Å². The molecule has 1 aliphatic rings. The van der Waals surface area contributed by atoms with E-state index in [4.69, 9.17) is 23.7 Å². The molecule has 0 spiro atoms. The Morgan fingerprint density at radius 1 is 0.923 bits per heavy atom. The van der Waals surface area contributed by atoms with Crippen molar-refractivity contribution in [3.63, 3.8) is 0 Å². The van der Waals surface area contributed by atoms with E-state index in [1.54, 1.807) is 12.1 Å². The van der Waals surface area contributed by atoms with Crippen LogP contribution in [0.15, 0.2) is 72.9 Å². The number of ether oxygens (including phenoxy) is 5. The predicted molar refractivity (Wildman–Crippen MR) is 143 cm³/mol. The Labute approximate surface area is 227 Å². The van der Waals surface area contributed by atoms with Crippen molar-refractivity contribution in [3.05, 3.63) is 95.3 Å². The van der Waals surface area contributed by atoms with Gasteiger partial charge in [0.25, 0.3) is 0 Å². The third kappa shape index (κ3) is 6.14. The zero-order valence-electron chi connectivity index (χ0n) is 22.2. The van der Waals surface area contributed by atoms with E-state index in [0.717, 1.165) is 29.7 Å². The summed E-state index contributed by atoms with van der Waals surface area (Å²) in [7, 11) is 4.49. The molecule has 1 atom stereocenters. The quantitative estimate of drug-likeness (QED) is 0.230. The van der Waals surface area contributed by atoms with Crippen LogP contribution in [0.3, 0.4) is 0 Å². The average Bonchev–Trinajstić information content (AvgIpc) is 3.71. The van der Waals surface area contributed by atoms with Gasteiger partial charge in [-0.05, 0) is 54.2 Å². The molecular weight excluding hydrogens is 498 g/mol. The lowest BCUT2D eigenvalue weighted by atomic mass is 10.0.